The van der Waals surface area contributed by atoms with E-state index >= 15 is 0 Å². The van der Waals surface area contributed by atoms with Crippen LogP contribution in [0.3, 0.4) is 0 Å². The number of carbonyl (C=O) groups excluding carboxylic acids is 1. The lowest BCUT2D eigenvalue weighted by molar-refractivity contribution is -0.116. The third-order valence-corrected chi connectivity index (χ3v) is 6.53. The summed E-state index contributed by atoms with van der Waals surface area (Å²) >= 11 is 1.73. The molecule has 0 fully saturated rings. The van der Waals surface area contributed by atoms with Gasteiger partial charge in [-0.2, -0.15) is 0 Å². The topological polar surface area (TPSA) is 53.9 Å². The number of aliphatic imine (C=N–C) groups is 1. The van der Waals surface area contributed by atoms with E-state index in [9.17, 15) is 4.79 Å². The number of unbranched alkanes of at least 4 members (excludes halogenated alkanes) is 3. The maximum atomic E-state index is 12.3. The van der Waals surface area contributed by atoms with E-state index < -0.39 is 0 Å². The largest absolute Gasteiger partial charge is 0.497 e. The number of ether oxygens (including phenoxy) is 1. The first kappa shape index (κ1) is 23.1. The molecular weight excluding hydrogens is 406 g/mol. The minimum Gasteiger partial charge on any atom is -0.497 e. The van der Waals surface area contributed by atoms with E-state index in [1.165, 1.54) is 39.8 Å². The number of carbonyl (C=O) groups is 1. The lowest BCUT2D eigenvalue weighted by Crippen LogP contribution is -2.24. The summed E-state index contributed by atoms with van der Waals surface area (Å²) in [4.78, 5) is 19.9. The number of fused-ring (bicyclic) bond motifs is 1. The average molecular weight is 440 g/mol. The maximum Gasteiger partial charge on any atom is 0.244 e. The van der Waals surface area contributed by atoms with Gasteiger partial charge < -0.3 is 15.0 Å². The molecule has 0 saturated carbocycles. The first-order valence-corrected chi connectivity index (χ1v) is 12.0. The molecule has 3 rings (SSSR count). The Balaban J connectivity index is 1.54. The Bertz CT molecular complexity index is 946. The number of aryl methyl sites for hydroxylation is 1. The van der Waals surface area contributed by atoms with Crippen LogP contribution in [-0.2, 0) is 11.2 Å². The number of hydrogen-bond donors (Lipinski definition) is 1. The van der Waals surface area contributed by atoms with Gasteiger partial charge in [0.1, 0.15) is 12.4 Å². The summed E-state index contributed by atoms with van der Waals surface area (Å²) in [6.07, 6.45) is 16.1. The summed E-state index contributed by atoms with van der Waals surface area (Å²) in [6.45, 7) is 4.61. The normalized spacial score (nSPS) is 13.4. The van der Waals surface area contributed by atoms with Gasteiger partial charge in [-0.05, 0) is 67.0 Å². The number of allylic oxidation sites excluding steroid dienone is 1. The second-order valence-corrected chi connectivity index (χ2v) is 8.81. The Morgan fingerprint density at radius 2 is 2.19 bits per heavy atom. The molecule has 0 unspecified atom stereocenters. The summed E-state index contributed by atoms with van der Waals surface area (Å²) in [5.41, 5.74) is 1.34. The molecule has 5 nitrogen and oxygen atoms in total. The highest BCUT2D eigenvalue weighted by molar-refractivity contribution is 7.20. The molecule has 0 spiro atoms. The Labute approximate surface area is 189 Å². The average Bonchev–Trinajstić information content (AvgIpc) is 3.15. The number of hydrogen-bond acceptors (Lipinski definition) is 5. The number of nitrogens with one attached hydrogen (secondary N) is 1. The molecule has 31 heavy (non-hydrogen) atoms. The van der Waals surface area contributed by atoms with Crippen LogP contribution in [0.2, 0.25) is 0 Å². The van der Waals surface area contributed by atoms with E-state index in [0.717, 1.165) is 38.2 Å². The predicted molar refractivity (Wildman–Crippen MR) is 132 cm³/mol. The predicted octanol–water partition coefficient (Wildman–Crippen LogP) is 5.41. The van der Waals surface area contributed by atoms with Gasteiger partial charge in [0.05, 0.1) is 7.11 Å². The fraction of sp³-hybridized carbons (Fsp3) is 0.440. The summed E-state index contributed by atoms with van der Waals surface area (Å²) in [7, 11) is 1.69. The Morgan fingerprint density at radius 3 is 2.97 bits per heavy atom. The quantitative estimate of drug-likeness (QED) is 0.355. The number of amides is 1. The molecule has 1 amide bonds. The molecule has 1 aliphatic heterocycles. The van der Waals surface area contributed by atoms with E-state index in [1.807, 2.05) is 24.4 Å². The van der Waals surface area contributed by atoms with Crippen LogP contribution < -0.4 is 10.1 Å². The molecule has 166 valence electrons. The zero-order chi connectivity index (χ0) is 21.9. The number of nitrogens with zero attached hydrogens (tertiary/aromatic N) is 2. The molecule has 1 aliphatic rings. The molecule has 1 N–H and O–H groups in total. The molecule has 2 heterocycles. The molecule has 0 saturated heterocycles. The van der Waals surface area contributed by atoms with Gasteiger partial charge >= 0.3 is 0 Å². The number of thiophene rings is 1. The van der Waals surface area contributed by atoms with Crippen molar-refractivity contribution in [1.82, 2.24) is 10.2 Å². The molecule has 0 bridgehead atoms. The second-order valence-electron chi connectivity index (χ2n) is 7.72. The van der Waals surface area contributed by atoms with E-state index in [0.29, 0.717) is 6.54 Å². The Hall–Kier alpha value is -2.60. The summed E-state index contributed by atoms with van der Waals surface area (Å²) < 4.78 is 6.59. The van der Waals surface area contributed by atoms with Crippen molar-refractivity contribution in [3.05, 3.63) is 47.0 Å². The van der Waals surface area contributed by atoms with Gasteiger partial charge in [-0.15, -0.1) is 11.3 Å². The van der Waals surface area contributed by atoms with Crippen LogP contribution in [-0.4, -0.2) is 43.9 Å². The van der Waals surface area contributed by atoms with Crippen LogP contribution in [0.5, 0.6) is 5.75 Å². The highest BCUT2D eigenvalue weighted by Gasteiger charge is 2.11. The van der Waals surface area contributed by atoms with Gasteiger partial charge in [0.15, 0.2) is 0 Å². The zero-order valence-electron chi connectivity index (χ0n) is 18.6. The molecule has 0 aliphatic carbocycles. The van der Waals surface area contributed by atoms with Crippen molar-refractivity contribution in [2.24, 2.45) is 4.99 Å². The third kappa shape index (κ3) is 6.96. The van der Waals surface area contributed by atoms with E-state index in [-0.39, 0.29) is 5.91 Å². The fourth-order valence-electron chi connectivity index (χ4n) is 3.65. The van der Waals surface area contributed by atoms with E-state index in [1.54, 1.807) is 24.5 Å². The Morgan fingerprint density at radius 1 is 1.29 bits per heavy atom. The van der Waals surface area contributed by atoms with Gasteiger partial charge in [0, 0.05) is 41.2 Å². The van der Waals surface area contributed by atoms with Gasteiger partial charge in [0.2, 0.25) is 5.91 Å². The highest BCUT2D eigenvalue weighted by atomic mass is 32.1. The van der Waals surface area contributed by atoms with E-state index in [4.69, 9.17) is 4.74 Å². The van der Waals surface area contributed by atoms with Crippen LogP contribution in [0.25, 0.3) is 16.2 Å². The van der Waals surface area contributed by atoms with Crippen LogP contribution in [0.15, 0.2) is 41.5 Å². The minimum atomic E-state index is -0.0305. The number of methoxy groups -OCH3 is 1. The summed E-state index contributed by atoms with van der Waals surface area (Å²) in [6, 6.07) is 6.25. The van der Waals surface area contributed by atoms with Crippen LogP contribution in [0, 0.1) is 0 Å². The molecule has 6 heteroatoms. The van der Waals surface area contributed by atoms with Gasteiger partial charge in [0.25, 0.3) is 0 Å². The standard InChI is InChI=1S/C25H33N3O2S/c1-3-4-5-9-21-22-11-10-20(30-2)18-24(22)31-23(21)12-13-25(29)27-15-6-7-16-28-17-8-14-26-19-28/h8,10-14,17-18H,3-7,9,15-16,19H2,1-2H3,(H,27,29). The lowest BCUT2D eigenvalue weighted by Gasteiger charge is -2.19. The molecule has 2 aromatic rings. The van der Waals surface area contributed by atoms with Crippen LogP contribution in [0.4, 0.5) is 0 Å². The van der Waals surface area contributed by atoms with Crippen LogP contribution in [0.1, 0.15) is 49.5 Å². The van der Waals surface area contributed by atoms with Crippen molar-refractivity contribution >= 4 is 39.6 Å². The van der Waals surface area contributed by atoms with Crippen molar-refractivity contribution in [2.75, 3.05) is 26.9 Å². The molecule has 0 atom stereocenters. The van der Waals surface area contributed by atoms with Crippen molar-refractivity contribution in [1.29, 1.82) is 0 Å². The fourth-order valence-corrected chi connectivity index (χ4v) is 4.83. The van der Waals surface area contributed by atoms with Crippen molar-refractivity contribution in [2.45, 2.75) is 45.4 Å². The first-order chi connectivity index (χ1) is 15.2. The molecular formula is C25H33N3O2S. The van der Waals surface area contributed by atoms with E-state index in [2.05, 4.69) is 40.5 Å². The monoisotopic (exact) mass is 439 g/mol. The van der Waals surface area contributed by atoms with Crippen molar-refractivity contribution in [3.8, 4) is 5.75 Å². The number of rotatable bonds is 12. The molecule has 1 aromatic heterocycles. The highest BCUT2D eigenvalue weighted by Crippen LogP contribution is 2.35. The smallest absolute Gasteiger partial charge is 0.244 e. The molecule has 0 radical (unpaired) electrons. The van der Waals surface area contributed by atoms with Gasteiger partial charge in [-0.1, -0.05) is 19.8 Å². The SMILES string of the molecule is CCCCCc1c(C=CC(=O)NCCCCN2C=CC=NC2)sc2cc(OC)ccc12. The van der Waals surface area contributed by atoms with Crippen molar-refractivity contribution in [3.63, 3.8) is 0 Å². The second kappa shape index (κ2) is 12.3. The minimum absolute atomic E-state index is 0.0305. The van der Waals surface area contributed by atoms with Crippen molar-refractivity contribution < 1.29 is 9.53 Å². The lowest BCUT2D eigenvalue weighted by atomic mass is 10.0. The van der Waals surface area contributed by atoms with Gasteiger partial charge in [-0.3, -0.25) is 9.79 Å². The molecule has 1 aromatic carbocycles. The summed E-state index contributed by atoms with van der Waals surface area (Å²) in [5, 5.41) is 4.28. The van der Waals surface area contributed by atoms with Crippen LogP contribution >= 0.6 is 11.3 Å². The maximum absolute atomic E-state index is 12.3. The first-order valence-electron chi connectivity index (χ1n) is 11.2. The zero-order valence-corrected chi connectivity index (χ0v) is 19.4. The summed E-state index contributed by atoms with van der Waals surface area (Å²) in [5.74, 6) is 0.839. The van der Waals surface area contributed by atoms with Gasteiger partial charge in [-0.25, -0.2) is 0 Å². The Kier molecular flexibility index (Phi) is 9.16. The number of benzene rings is 1. The third-order valence-electron chi connectivity index (χ3n) is 5.37.